The number of hydrogen-bond donors (Lipinski definition) is 1. The molecule has 6 nitrogen and oxygen atoms in total. The molecule has 3 aromatic rings. The Morgan fingerprint density at radius 3 is 3.00 bits per heavy atom. The second-order valence-electron chi connectivity index (χ2n) is 6.62. The highest BCUT2D eigenvalue weighted by Crippen LogP contribution is 2.38. The number of aromatic nitrogens is 2. The third-order valence-electron chi connectivity index (χ3n) is 4.63. The molecule has 1 amide bonds. The number of amides is 1. The summed E-state index contributed by atoms with van der Waals surface area (Å²) in [6.07, 6.45) is 3.63. The predicted molar refractivity (Wildman–Crippen MR) is 109 cm³/mol. The van der Waals surface area contributed by atoms with E-state index in [-0.39, 0.29) is 11.7 Å². The van der Waals surface area contributed by atoms with Crippen molar-refractivity contribution in [2.45, 2.75) is 6.42 Å². The second-order valence-corrected chi connectivity index (χ2v) is 7.03. The van der Waals surface area contributed by atoms with E-state index in [1.54, 1.807) is 24.3 Å². The van der Waals surface area contributed by atoms with Gasteiger partial charge in [-0.2, -0.15) is 0 Å². The first-order valence-corrected chi connectivity index (χ1v) is 9.55. The van der Waals surface area contributed by atoms with Gasteiger partial charge in [-0.05, 0) is 35.9 Å². The molecule has 2 heterocycles. The Balaban J connectivity index is 1.36. The number of carbonyl (C=O) groups is 1. The van der Waals surface area contributed by atoms with Crippen molar-refractivity contribution in [3.05, 3.63) is 58.6 Å². The molecule has 0 bridgehead atoms. The number of nitrogens with one attached hydrogen (secondary N) is 1. The minimum atomic E-state index is -0.320. The van der Waals surface area contributed by atoms with Crippen molar-refractivity contribution >= 4 is 34.6 Å². The molecule has 0 aliphatic carbocycles. The average Bonchev–Trinajstić information content (AvgIpc) is 3.01. The Hall–Kier alpha value is -3.06. The number of aryl methyl sites for hydroxylation is 1. The molecule has 0 radical (unpaired) electrons. The van der Waals surface area contributed by atoms with Crippen LogP contribution >= 0.6 is 11.6 Å². The molecule has 29 heavy (non-hydrogen) atoms. The van der Waals surface area contributed by atoms with Crippen molar-refractivity contribution in [2.75, 3.05) is 19.8 Å². The van der Waals surface area contributed by atoms with Crippen molar-refractivity contribution in [1.82, 2.24) is 14.9 Å². The lowest BCUT2D eigenvalue weighted by Gasteiger charge is -2.19. The van der Waals surface area contributed by atoms with Crippen LogP contribution in [-0.2, 0) is 18.3 Å². The third kappa shape index (κ3) is 4.19. The fraction of sp³-hybridized carbons (Fsp3) is 0.238. The van der Waals surface area contributed by atoms with E-state index < -0.39 is 0 Å². The zero-order valence-electron chi connectivity index (χ0n) is 15.7. The molecule has 150 valence electrons. The summed E-state index contributed by atoms with van der Waals surface area (Å²) in [5.41, 5.74) is 2.19. The molecule has 0 spiro atoms. The van der Waals surface area contributed by atoms with Gasteiger partial charge >= 0.3 is 0 Å². The standard InChI is InChI=1S/C21H19ClFN3O3/c1-26-17-4-3-14(23)12-16(17)25-19(26)6-7-24-20(27)5-2-13-10-15(22)21-18(11-13)28-8-9-29-21/h2-5,10-12H,6-9H2,1H3,(H,24,27)/b5-2+. The normalized spacial score (nSPS) is 13.2. The van der Waals surface area contributed by atoms with Gasteiger partial charge in [0.05, 0.1) is 16.1 Å². The van der Waals surface area contributed by atoms with Crippen LogP contribution in [0.1, 0.15) is 11.4 Å². The first-order chi connectivity index (χ1) is 14.0. The Morgan fingerprint density at radius 2 is 2.14 bits per heavy atom. The SMILES string of the molecule is Cn1c(CCNC(=O)/C=C/c2cc(Cl)c3c(c2)OCCO3)nc2cc(F)ccc21. The lowest BCUT2D eigenvalue weighted by atomic mass is 10.1. The van der Waals surface area contributed by atoms with Crippen LogP contribution in [0.3, 0.4) is 0 Å². The van der Waals surface area contributed by atoms with E-state index in [0.29, 0.717) is 48.2 Å². The molecule has 4 rings (SSSR count). The highest BCUT2D eigenvalue weighted by Gasteiger charge is 2.16. The van der Waals surface area contributed by atoms with Crippen LogP contribution in [0.2, 0.25) is 5.02 Å². The fourth-order valence-corrected chi connectivity index (χ4v) is 3.48. The summed E-state index contributed by atoms with van der Waals surface area (Å²) in [6, 6.07) is 8.00. The average molecular weight is 416 g/mol. The van der Waals surface area contributed by atoms with Gasteiger partial charge in [0, 0.05) is 32.2 Å². The van der Waals surface area contributed by atoms with Gasteiger partial charge in [0.1, 0.15) is 24.9 Å². The molecule has 1 aliphatic rings. The van der Waals surface area contributed by atoms with Crippen LogP contribution < -0.4 is 14.8 Å². The van der Waals surface area contributed by atoms with Gasteiger partial charge in [0.2, 0.25) is 5.91 Å². The second kappa shape index (κ2) is 8.13. The maximum absolute atomic E-state index is 13.3. The van der Waals surface area contributed by atoms with E-state index in [0.717, 1.165) is 16.9 Å². The number of benzene rings is 2. The maximum atomic E-state index is 13.3. The van der Waals surface area contributed by atoms with Gasteiger partial charge < -0.3 is 19.4 Å². The summed E-state index contributed by atoms with van der Waals surface area (Å²) in [7, 11) is 1.87. The highest BCUT2D eigenvalue weighted by molar-refractivity contribution is 6.32. The van der Waals surface area contributed by atoms with Gasteiger partial charge in [0.15, 0.2) is 11.5 Å². The third-order valence-corrected chi connectivity index (χ3v) is 4.91. The summed E-state index contributed by atoms with van der Waals surface area (Å²) in [6.45, 7) is 1.33. The summed E-state index contributed by atoms with van der Waals surface area (Å²) in [5.74, 6) is 1.32. The molecule has 0 fully saturated rings. The molecule has 0 unspecified atom stereocenters. The Labute approximate surface area is 171 Å². The van der Waals surface area contributed by atoms with Crippen molar-refractivity contribution in [1.29, 1.82) is 0 Å². The minimum absolute atomic E-state index is 0.235. The summed E-state index contributed by atoms with van der Waals surface area (Å²) >= 11 is 6.20. The fourth-order valence-electron chi connectivity index (χ4n) is 3.20. The van der Waals surface area contributed by atoms with E-state index in [2.05, 4.69) is 10.3 Å². The number of ether oxygens (including phenoxy) is 2. The Bertz CT molecular complexity index is 1110. The van der Waals surface area contributed by atoms with E-state index >= 15 is 0 Å². The molecule has 0 atom stereocenters. The molecule has 1 aromatic heterocycles. The first-order valence-electron chi connectivity index (χ1n) is 9.17. The summed E-state index contributed by atoms with van der Waals surface area (Å²) in [5, 5.41) is 3.26. The van der Waals surface area contributed by atoms with Gasteiger partial charge in [0.25, 0.3) is 0 Å². The van der Waals surface area contributed by atoms with E-state index in [9.17, 15) is 9.18 Å². The topological polar surface area (TPSA) is 65.4 Å². The Morgan fingerprint density at radius 1 is 1.31 bits per heavy atom. The molecule has 2 aromatic carbocycles. The quantitative estimate of drug-likeness (QED) is 0.648. The predicted octanol–water partition coefficient (Wildman–Crippen LogP) is 3.51. The molecular weight excluding hydrogens is 397 g/mol. The number of nitrogens with zero attached hydrogens (tertiary/aromatic N) is 2. The van der Waals surface area contributed by atoms with Crippen LogP contribution in [0.25, 0.3) is 17.1 Å². The number of rotatable bonds is 5. The summed E-state index contributed by atoms with van der Waals surface area (Å²) < 4.78 is 26.2. The number of imidazole rings is 1. The monoisotopic (exact) mass is 415 g/mol. The first kappa shape index (κ1) is 19.3. The summed E-state index contributed by atoms with van der Waals surface area (Å²) in [4.78, 5) is 16.5. The lowest BCUT2D eigenvalue weighted by molar-refractivity contribution is -0.116. The molecule has 1 aliphatic heterocycles. The van der Waals surface area contributed by atoms with E-state index in [1.807, 2.05) is 11.6 Å². The molecule has 1 N–H and O–H groups in total. The van der Waals surface area contributed by atoms with Crippen LogP contribution in [0.15, 0.2) is 36.4 Å². The van der Waals surface area contributed by atoms with Crippen LogP contribution in [0, 0.1) is 5.82 Å². The smallest absolute Gasteiger partial charge is 0.244 e. The Kier molecular flexibility index (Phi) is 5.40. The highest BCUT2D eigenvalue weighted by atomic mass is 35.5. The largest absolute Gasteiger partial charge is 0.486 e. The maximum Gasteiger partial charge on any atom is 0.244 e. The number of carbonyl (C=O) groups excluding carboxylic acids is 1. The van der Waals surface area contributed by atoms with E-state index in [1.165, 1.54) is 18.2 Å². The molecular formula is C21H19ClFN3O3. The molecule has 0 saturated heterocycles. The van der Waals surface area contributed by atoms with Gasteiger partial charge in [-0.1, -0.05) is 11.6 Å². The number of hydrogen-bond acceptors (Lipinski definition) is 4. The van der Waals surface area contributed by atoms with Crippen molar-refractivity contribution in [2.24, 2.45) is 7.05 Å². The van der Waals surface area contributed by atoms with Crippen molar-refractivity contribution in [3.8, 4) is 11.5 Å². The van der Waals surface area contributed by atoms with Crippen molar-refractivity contribution in [3.63, 3.8) is 0 Å². The minimum Gasteiger partial charge on any atom is -0.486 e. The van der Waals surface area contributed by atoms with Crippen LogP contribution in [0.4, 0.5) is 4.39 Å². The van der Waals surface area contributed by atoms with Gasteiger partial charge in [-0.15, -0.1) is 0 Å². The number of fused-ring (bicyclic) bond motifs is 2. The molecule has 8 heteroatoms. The van der Waals surface area contributed by atoms with Crippen LogP contribution in [-0.4, -0.2) is 35.2 Å². The van der Waals surface area contributed by atoms with E-state index in [4.69, 9.17) is 21.1 Å². The number of halogens is 2. The van der Waals surface area contributed by atoms with Gasteiger partial charge in [-0.25, -0.2) is 9.37 Å². The zero-order valence-corrected chi connectivity index (χ0v) is 16.5. The van der Waals surface area contributed by atoms with Crippen LogP contribution in [0.5, 0.6) is 11.5 Å². The van der Waals surface area contributed by atoms with Gasteiger partial charge in [-0.3, -0.25) is 4.79 Å². The lowest BCUT2D eigenvalue weighted by Crippen LogP contribution is -2.24. The molecule has 0 saturated carbocycles. The van der Waals surface area contributed by atoms with Crippen molar-refractivity contribution < 1.29 is 18.7 Å². The zero-order chi connectivity index (χ0) is 20.4.